The fraction of sp³-hybridized carbons (Fsp3) is 0.231. The van der Waals surface area contributed by atoms with Crippen molar-refractivity contribution in [2.45, 2.75) is 5.92 Å². The first-order valence-corrected chi connectivity index (χ1v) is 6.37. The Hall–Kier alpha value is -2.97. The van der Waals surface area contributed by atoms with Gasteiger partial charge >= 0.3 is 0 Å². The Bertz CT molecular complexity index is 817. The Morgan fingerprint density at radius 3 is 2.23 bits per heavy atom. The van der Waals surface area contributed by atoms with Crippen molar-refractivity contribution in [2.24, 2.45) is 10.8 Å². The van der Waals surface area contributed by atoms with Crippen molar-refractivity contribution >= 4 is 29.1 Å². The minimum Gasteiger partial charge on any atom is -0.293 e. The third-order valence-electron chi connectivity index (χ3n) is 4.20. The summed E-state index contributed by atoms with van der Waals surface area (Å²) in [5.41, 5.74) is -3.93. The quantitative estimate of drug-likeness (QED) is 0.491. The van der Waals surface area contributed by atoms with Crippen molar-refractivity contribution in [3.05, 3.63) is 38.9 Å². The molecule has 0 bridgehead atoms. The molecule has 0 spiro atoms. The van der Waals surface area contributed by atoms with Crippen molar-refractivity contribution in [1.82, 2.24) is 5.32 Å². The largest absolute Gasteiger partial charge is 0.293 e. The van der Waals surface area contributed by atoms with Gasteiger partial charge in [-0.2, -0.15) is 10.5 Å². The molecule has 3 rings (SSSR count). The lowest BCUT2D eigenvalue weighted by molar-refractivity contribution is -0.384. The van der Waals surface area contributed by atoms with Crippen LogP contribution in [0.4, 0.5) is 5.69 Å². The van der Waals surface area contributed by atoms with E-state index in [0.29, 0.717) is 0 Å². The molecule has 2 fully saturated rings. The van der Waals surface area contributed by atoms with Crippen LogP contribution in [0.25, 0.3) is 0 Å². The first-order chi connectivity index (χ1) is 10.4. The molecule has 9 heteroatoms. The lowest BCUT2D eigenvalue weighted by Gasteiger charge is -2.07. The monoisotopic (exact) mass is 316 g/mol. The van der Waals surface area contributed by atoms with E-state index in [1.807, 2.05) is 5.32 Å². The van der Waals surface area contributed by atoms with Crippen LogP contribution in [0.2, 0.25) is 5.02 Å². The van der Waals surface area contributed by atoms with Crippen molar-refractivity contribution < 1.29 is 14.5 Å². The first kappa shape index (κ1) is 14.0. The van der Waals surface area contributed by atoms with Crippen LogP contribution >= 0.6 is 11.6 Å². The number of fused-ring (bicyclic) bond motifs is 1. The number of nitrogens with zero attached hydrogens (tertiary/aromatic N) is 3. The molecule has 1 aliphatic carbocycles. The summed E-state index contributed by atoms with van der Waals surface area (Å²) in [5.74, 6) is -2.76. The van der Waals surface area contributed by atoms with Crippen molar-refractivity contribution in [3.8, 4) is 12.1 Å². The molecule has 1 saturated carbocycles. The second-order valence-corrected chi connectivity index (χ2v) is 5.43. The van der Waals surface area contributed by atoms with Gasteiger partial charge in [0.05, 0.1) is 17.1 Å². The fourth-order valence-corrected chi connectivity index (χ4v) is 3.34. The summed E-state index contributed by atoms with van der Waals surface area (Å²) in [6, 6.07) is 7.18. The van der Waals surface area contributed by atoms with Crippen molar-refractivity contribution in [1.29, 1.82) is 10.5 Å². The molecule has 1 saturated heterocycles. The minimum absolute atomic E-state index is 0.118. The summed E-state index contributed by atoms with van der Waals surface area (Å²) in [6.45, 7) is 0. The lowest BCUT2D eigenvalue weighted by atomic mass is 9.98. The minimum atomic E-state index is -1.85. The summed E-state index contributed by atoms with van der Waals surface area (Å²) >= 11 is 5.71. The molecule has 3 atom stereocenters. The van der Waals surface area contributed by atoms with E-state index in [4.69, 9.17) is 11.6 Å². The van der Waals surface area contributed by atoms with Crippen LogP contribution in [0, 0.1) is 43.6 Å². The number of halogens is 1. The molecule has 1 aromatic rings. The Kier molecular flexibility index (Phi) is 2.56. The summed E-state index contributed by atoms with van der Waals surface area (Å²) in [5, 5.41) is 31.5. The normalized spacial score (nSPS) is 31.7. The van der Waals surface area contributed by atoms with Gasteiger partial charge in [0.25, 0.3) is 5.69 Å². The molecule has 1 aromatic carbocycles. The van der Waals surface area contributed by atoms with Crippen LogP contribution in [0.5, 0.6) is 0 Å². The Balaban J connectivity index is 2.20. The number of hydrogen-bond donors (Lipinski definition) is 1. The van der Waals surface area contributed by atoms with Crippen LogP contribution < -0.4 is 5.32 Å². The SMILES string of the molecule is N#C[C@@]12C(=O)NC(=O)[C@]1(C#N)C2c1ccc(Cl)c([N+](=O)[O-])c1. The van der Waals surface area contributed by atoms with E-state index < -0.39 is 39.2 Å². The molecule has 2 amide bonds. The van der Waals surface area contributed by atoms with E-state index >= 15 is 0 Å². The third-order valence-corrected chi connectivity index (χ3v) is 4.52. The van der Waals surface area contributed by atoms with Crippen molar-refractivity contribution in [2.75, 3.05) is 0 Å². The van der Waals surface area contributed by atoms with Crippen molar-refractivity contribution in [3.63, 3.8) is 0 Å². The number of nitriles is 2. The van der Waals surface area contributed by atoms with E-state index in [-0.39, 0.29) is 10.6 Å². The Morgan fingerprint density at radius 1 is 1.23 bits per heavy atom. The molecule has 1 aliphatic heterocycles. The fourth-order valence-electron chi connectivity index (χ4n) is 3.15. The average Bonchev–Trinajstić information content (AvgIpc) is 3.05. The average molecular weight is 317 g/mol. The number of nitrogens with one attached hydrogen (secondary N) is 1. The highest BCUT2D eigenvalue weighted by Gasteiger charge is 2.90. The Morgan fingerprint density at radius 2 is 1.77 bits per heavy atom. The highest BCUT2D eigenvalue weighted by molar-refractivity contribution is 6.32. The summed E-state index contributed by atoms with van der Waals surface area (Å²) in [6.07, 6.45) is 0. The zero-order valence-electron chi connectivity index (χ0n) is 10.7. The number of rotatable bonds is 2. The van der Waals surface area contributed by atoms with E-state index in [0.717, 1.165) is 6.07 Å². The molecule has 0 radical (unpaired) electrons. The summed E-state index contributed by atoms with van der Waals surface area (Å²) in [7, 11) is 0. The standard InChI is InChI=1S/C13H5ClN4O4/c14-7-2-1-6(3-8(7)18(21)22)9-12(4-15)10(19)17-11(20)13(9,12)5-16/h1-3,9H,(H,17,19,20)/t9?,12-,13+. The number of nitro groups is 1. The molecular formula is C13H5ClN4O4. The predicted molar refractivity (Wildman–Crippen MR) is 70.1 cm³/mol. The van der Waals surface area contributed by atoms with E-state index in [1.165, 1.54) is 12.1 Å². The molecule has 2 aliphatic rings. The van der Waals surface area contributed by atoms with Gasteiger partial charge < -0.3 is 0 Å². The molecule has 108 valence electrons. The van der Waals surface area contributed by atoms with Gasteiger partial charge in [0, 0.05) is 12.0 Å². The molecule has 1 unspecified atom stereocenters. The van der Waals surface area contributed by atoms with Gasteiger partial charge in [-0.1, -0.05) is 17.7 Å². The van der Waals surface area contributed by atoms with Crippen LogP contribution in [-0.4, -0.2) is 16.7 Å². The number of carbonyl (C=O) groups excluding carboxylic acids is 2. The molecule has 1 heterocycles. The molecule has 1 N–H and O–H groups in total. The van der Waals surface area contributed by atoms with Crippen LogP contribution in [-0.2, 0) is 9.59 Å². The van der Waals surface area contributed by atoms with Gasteiger partial charge in [0.1, 0.15) is 5.02 Å². The van der Waals surface area contributed by atoms with Gasteiger partial charge in [-0.25, -0.2) is 0 Å². The van der Waals surface area contributed by atoms with Gasteiger partial charge in [-0.3, -0.25) is 25.0 Å². The highest BCUT2D eigenvalue weighted by Crippen LogP contribution is 2.76. The smallest absolute Gasteiger partial charge is 0.288 e. The maximum absolute atomic E-state index is 11.9. The number of hydrogen-bond acceptors (Lipinski definition) is 6. The van der Waals surface area contributed by atoms with Crippen LogP contribution in [0.3, 0.4) is 0 Å². The number of benzene rings is 1. The van der Waals surface area contributed by atoms with Crippen LogP contribution in [0.1, 0.15) is 11.5 Å². The third kappa shape index (κ3) is 1.26. The molecular weight excluding hydrogens is 312 g/mol. The Labute approximate surface area is 128 Å². The van der Waals surface area contributed by atoms with E-state index in [2.05, 4.69) is 0 Å². The van der Waals surface area contributed by atoms with E-state index in [1.54, 1.807) is 12.1 Å². The molecule has 8 nitrogen and oxygen atoms in total. The van der Waals surface area contributed by atoms with Gasteiger partial charge in [0.2, 0.25) is 11.8 Å². The lowest BCUT2D eigenvalue weighted by Crippen LogP contribution is -2.31. The molecule has 0 aromatic heterocycles. The summed E-state index contributed by atoms with van der Waals surface area (Å²) in [4.78, 5) is 34.1. The molecule has 22 heavy (non-hydrogen) atoms. The maximum Gasteiger partial charge on any atom is 0.288 e. The summed E-state index contributed by atoms with van der Waals surface area (Å²) < 4.78 is 0. The number of nitro benzene ring substituents is 1. The number of piperidine rings is 1. The second-order valence-electron chi connectivity index (χ2n) is 5.02. The van der Waals surface area contributed by atoms with Crippen LogP contribution in [0.15, 0.2) is 18.2 Å². The van der Waals surface area contributed by atoms with Gasteiger partial charge in [-0.15, -0.1) is 0 Å². The zero-order chi connectivity index (χ0) is 16.3. The highest BCUT2D eigenvalue weighted by atomic mass is 35.5. The number of amides is 2. The number of imide groups is 1. The van der Waals surface area contributed by atoms with Gasteiger partial charge in [-0.05, 0) is 11.6 Å². The number of carbonyl (C=O) groups is 2. The predicted octanol–water partition coefficient (Wildman–Crippen LogP) is 1.02. The van der Waals surface area contributed by atoms with E-state index in [9.17, 15) is 30.2 Å². The topological polar surface area (TPSA) is 137 Å². The first-order valence-electron chi connectivity index (χ1n) is 5.99. The van der Waals surface area contributed by atoms with Gasteiger partial charge in [0.15, 0.2) is 10.8 Å². The maximum atomic E-state index is 11.9. The zero-order valence-corrected chi connectivity index (χ0v) is 11.4. The second kappa shape index (κ2) is 4.03.